The number of carbonyl (C=O) groups excluding carboxylic acids is 1. The highest BCUT2D eigenvalue weighted by atomic mass is 16.1. The van der Waals surface area contributed by atoms with Crippen molar-refractivity contribution in [2.24, 2.45) is 0 Å². The Morgan fingerprint density at radius 1 is 1.13 bits per heavy atom. The van der Waals surface area contributed by atoms with Crippen LogP contribution in [0.1, 0.15) is 49.9 Å². The van der Waals surface area contributed by atoms with Gasteiger partial charge in [0.15, 0.2) is 0 Å². The fraction of sp³-hybridized carbons (Fsp3) is 0.308. The third kappa shape index (κ3) is 4.31. The van der Waals surface area contributed by atoms with E-state index in [1.165, 1.54) is 11.3 Å². The summed E-state index contributed by atoms with van der Waals surface area (Å²) in [6.45, 7) is 13.5. The van der Waals surface area contributed by atoms with Gasteiger partial charge in [0.2, 0.25) is 0 Å². The summed E-state index contributed by atoms with van der Waals surface area (Å²) in [5.41, 5.74) is 7.21. The van der Waals surface area contributed by atoms with Crippen molar-refractivity contribution < 1.29 is 4.79 Å². The molecule has 0 bridgehead atoms. The maximum Gasteiger partial charge on any atom is 0.266 e. The molecule has 1 N–H and O–H groups in total. The molecule has 0 aliphatic carbocycles. The van der Waals surface area contributed by atoms with Gasteiger partial charge in [0, 0.05) is 23.5 Å². The second kappa shape index (κ2) is 8.20. The fourth-order valence-corrected chi connectivity index (χ4v) is 4.33. The van der Waals surface area contributed by atoms with E-state index in [2.05, 4.69) is 56.1 Å². The summed E-state index contributed by atoms with van der Waals surface area (Å²) in [6.07, 6.45) is 3.92. The van der Waals surface area contributed by atoms with Crippen molar-refractivity contribution in [1.82, 2.24) is 0 Å². The van der Waals surface area contributed by atoms with Gasteiger partial charge in [0.25, 0.3) is 5.91 Å². The summed E-state index contributed by atoms with van der Waals surface area (Å²) < 4.78 is 0. The highest BCUT2D eigenvalue weighted by molar-refractivity contribution is 6.09. The van der Waals surface area contributed by atoms with Crippen LogP contribution in [0.5, 0.6) is 0 Å². The molecule has 0 spiro atoms. The summed E-state index contributed by atoms with van der Waals surface area (Å²) in [4.78, 5) is 15.0. The molecular formula is C26H29N3O. The van der Waals surface area contributed by atoms with Crippen molar-refractivity contribution in [3.63, 3.8) is 0 Å². The Bertz CT molecular complexity index is 1080. The maximum absolute atomic E-state index is 12.7. The zero-order valence-corrected chi connectivity index (χ0v) is 18.6. The van der Waals surface area contributed by atoms with E-state index in [1.54, 1.807) is 6.08 Å². The van der Waals surface area contributed by atoms with Crippen LogP contribution < -0.4 is 10.2 Å². The van der Waals surface area contributed by atoms with Gasteiger partial charge in [-0.05, 0) is 94.1 Å². The first-order valence-corrected chi connectivity index (χ1v) is 10.3. The number of likely N-dealkylation sites (N-methyl/N-ethyl adjacent to an activating group) is 1. The number of nitrogens with one attached hydrogen (secondary N) is 1. The van der Waals surface area contributed by atoms with Crippen molar-refractivity contribution >= 4 is 28.9 Å². The van der Waals surface area contributed by atoms with Crippen LogP contribution in [0.3, 0.4) is 0 Å². The predicted molar refractivity (Wildman–Crippen MR) is 125 cm³/mol. The number of anilines is 2. The van der Waals surface area contributed by atoms with E-state index in [4.69, 9.17) is 0 Å². The normalized spacial score (nSPS) is 15.2. The van der Waals surface area contributed by atoms with Crippen molar-refractivity contribution in [3.05, 3.63) is 70.3 Å². The molecule has 1 aliphatic rings. The molecule has 0 radical (unpaired) electrons. The van der Waals surface area contributed by atoms with Crippen LogP contribution in [0.4, 0.5) is 11.4 Å². The van der Waals surface area contributed by atoms with Crippen LogP contribution in [0.25, 0.3) is 11.6 Å². The summed E-state index contributed by atoms with van der Waals surface area (Å²) in [7, 11) is 0. The number of benzene rings is 2. The summed E-state index contributed by atoms with van der Waals surface area (Å²) in [6, 6.07) is 14.0. The maximum atomic E-state index is 12.7. The molecule has 3 rings (SSSR count). The minimum atomic E-state index is -0.399. The minimum Gasteiger partial charge on any atom is -0.363 e. The summed E-state index contributed by atoms with van der Waals surface area (Å²) in [5, 5.41) is 12.4. The quantitative estimate of drug-likeness (QED) is 0.517. The Morgan fingerprint density at radius 2 is 1.80 bits per heavy atom. The van der Waals surface area contributed by atoms with Crippen molar-refractivity contribution in [1.29, 1.82) is 5.26 Å². The van der Waals surface area contributed by atoms with Crippen LogP contribution >= 0.6 is 0 Å². The Balaban J connectivity index is 1.93. The van der Waals surface area contributed by atoms with Gasteiger partial charge in [-0.3, -0.25) is 4.79 Å². The topological polar surface area (TPSA) is 56.1 Å². The van der Waals surface area contributed by atoms with Crippen molar-refractivity contribution in [2.45, 2.75) is 47.1 Å². The van der Waals surface area contributed by atoms with E-state index in [0.717, 1.165) is 28.8 Å². The Hall–Kier alpha value is -3.32. The number of nitrogens with zero attached hydrogens (tertiary/aromatic N) is 2. The molecule has 1 amide bonds. The molecule has 0 aromatic heterocycles. The highest BCUT2D eigenvalue weighted by Crippen LogP contribution is 2.39. The number of nitriles is 1. The van der Waals surface area contributed by atoms with Gasteiger partial charge in [-0.1, -0.05) is 18.2 Å². The number of hydrogen-bond donors (Lipinski definition) is 1. The van der Waals surface area contributed by atoms with Gasteiger partial charge in [0.05, 0.1) is 5.54 Å². The number of allylic oxidation sites excluding steroid dienone is 1. The van der Waals surface area contributed by atoms with E-state index in [9.17, 15) is 10.1 Å². The van der Waals surface area contributed by atoms with Crippen molar-refractivity contribution in [3.8, 4) is 6.07 Å². The zero-order valence-electron chi connectivity index (χ0n) is 18.6. The lowest BCUT2D eigenvalue weighted by Crippen LogP contribution is -2.44. The molecule has 30 heavy (non-hydrogen) atoms. The van der Waals surface area contributed by atoms with E-state index >= 15 is 0 Å². The van der Waals surface area contributed by atoms with E-state index in [0.29, 0.717) is 5.69 Å². The lowest BCUT2D eigenvalue weighted by atomic mass is 9.88. The molecule has 2 aromatic carbocycles. The third-order valence-electron chi connectivity index (χ3n) is 5.47. The molecule has 1 aliphatic heterocycles. The first kappa shape index (κ1) is 21.4. The smallest absolute Gasteiger partial charge is 0.266 e. The van der Waals surface area contributed by atoms with Gasteiger partial charge in [-0.15, -0.1) is 0 Å². The van der Waals surface area contributed by atoms with E-state index in [-0.39, 0.29) is 11.1 Å². The number of hydrogen-bond acceptors (Lipinski definition) is 3. The second-order valence-corrected chi connectivity index (χ2v) is 8.50. The predicted octanol–water partition coefficient (Wildman–Crippen LogP) is 5.87. The first-order valence-electron chi connectivity index (χ1n) is 10.3. The average molecular weight is 400 g/mol. The number of aryl methyl sites for hydroxylation is 2. The standard InChI is InChI=1S/C26H29N3O/c1-7-29-24-9-8-20(14-23(24)19(4)15-26(29,5)6)13-21(16-27)25(30)28-22-11-17(2)10-18(3)12-22/h8-15H,7H2,1-6H3,(H,28,30)/b21-13+. The Labute approximate surface area is 179 Å². The molecular weight excluding hydrogens is 370 g/mol. The summed E-state index contributed by atoms with van der Waals surface area (Å²) in [5.74, 6) is -0.399. The van der Waals surface area contributed by atoms with Gasteiger partial charge in [-0.25, -0.2) is 0 Å². The van der Waals surface area contributed by atoms with E-state index in [1.807, 2.05) is 44.2 Å². The van der Waals surface area contributed by atoms with Gasteiger partial charge >= 0.3 is 0 Å². The van der Waals surface area contributed by atoms with Crippen LogP contribution in [0, 0.1) is 25.2 Å². The molecule has 2 aromatic rings. The molecule has 1 heterocycles. The second-order valence-electron chi connectivity index (χ2n) is 8.50. The fourth-order valence-electron chi connectivity index (χ4n) is 4.33. The molecule has 0 saturated carbocycles. The highest BCUT2D eigenvalue weighted by Gasteiger charge is 2.30. The monoisotopic (exact) mass is 399 g/mol. The summed E-state index contributed by atoms with van der Waals surface area (Å²) >= 11 is 0. The SMILES string of the molecule is CCN1c2ccc(/C=C(\C#N)C(=O)Nc3cc(C)cc(C)c3)cc2C(C)=CC1(C)C. The van der Waals surface area contributed by atoms with Crippen molar-refractivity contribution in [2.75, 3.05) is 16.8 Å². The molecule has 0 atom stereocenters. The van der Waals surface area contributed by atoms with Gasteiger partial charge in [-0.2, -0.15) is 5.26 Å². The lowest BCUT2D eigenvalue weighted by Gasteiger charge is -2.42. The van der Waals surface area contributed by atoms with Crippen LogP contribution in [0.15, 0.2) is 48.0 Å². The van der Waals surface area contributed by atoms with Crippen LogP contribution in [0.2, 0.25) is 0 Å². The number of carbonyl (C=O) groups is 1. The molecule has 154 valence electrons. The molecule has 4 heteroatoms. The third-order valence-corrected chi connectivity index (χ3v) is 5.47. The Morgan fingerprint density at radius 3 is 2.40 bits per heavy atom. The average Bonchev–Trinajstić information content (AvgIpc) is 2.65. The number of rotatable bonds is 4. The van der Waals surface area contributed by atoms with E-state index < -0.39 is 5.91 Å². The molecule has 4 nitrogen and oxygen atoms in total. The lowest BCUT2D eigenvalue weighted by molar-refractivity contribution is -0.112. The van der Waals surface area contributed by atoms with Gasteiger partial charge < -0.3 is 10.2 Å². The number of fused-ring (bicyclic) bond motifs is 1. The Kier molecular flexibility index (Phi) is 5.85. The molecule has 0 fully saturated rings. The molecule has 0 saturated heterocycles. The number of amides is 1. The largest absolute Gasteiger partial charge is 0.363 e. The van der Waals surface area contributed by atoms with Crippen LogP contribution in [-0.4, -0.2) is 18.0 Å². The first-order chi connectivity index (χ1) is 14.1. The molecule has 0 unspecified atom stereocenters. The van der Waals surface area contributed by atoms with Gasteiger partial charge in [0.1, 0.15) is 11.6 Å². The minimum absolute atomic E-state index is 0.0488. The zero-order chi connectivity index (χ0) is 22.1. The van der Waals surface area contributed by atoms with Crippen LogP contribution in [-0.2, 0) is 4.79 Å².